The van der Waals surface area contributed by atoms with E-state index in [9.17, 15) is 14.9 Å². The summed E-state index contributed by atoms with van der Waals surface area (Å²) in [5.41, 5.74) is 0.732. The number of thioether (sulfide) groups is 1. The van der Waals surface area contributed by atoms with Gasteiger partial charge in [0.2, 0.25) is 5.91 Å². The molecule has 0 saturated carbocycles. The Morgan fingerprint density at radius 2 is 2.18 bits per heavy atom. The van der Waals surface area contributed by atoms with Gasteiger partial charge in [0.1, 0.15) is 11.2 Å². The van der Waals surface area contributed by atoms with Crippen molar-refractivity contribution in [3.63, 3.8) is 0 Å². The number of carbonyl (C=O) groups excluding carboxylic acids is 1. The molecular formula is C14H10BrN3O3S. The van der Waals surface area contributed by atoms with Gasteiger partial charge in [-0.25, -0.2) is 4.98 Å². The molecule has 112 valence electrons. The second-order valence-corrected chi connectivity index (χ2v) is 6.60. The van der Waals surface area contributed by atoms with Crippen molar-refractivity contribution in [2.45, 2.75) is 5.37 Å². The molecule has 1 aliphatic rings. The zero-order valence-electron chi connectivity index (χ0n) is 11.2. The molecule has 2 aromatic rings. The second kappa shape index (κ2) is 6.05. The van der Waals surface area contributed by atoms with Gasteiger partial charge in [-0.3, -0.25) is 19.8 Å². The van der Waals surface area contributed by atoms with Crippen LogP contribution in [0.1, 0.15) is 10.9 Å². The Morgan fingerprint density at radius 3 is 2.86 bits per heavy atom. The lowest BCUT2D eigenvalue weighted by molar-refractivity contribution is -0.384. The normalized spacial score (nSPS) is 17.8. The van der Waals surface area contributed by atoms with Crippen LogP contribution in [-0.4, -0.2) is 21.6 Å². The molecule has 0 radical (unpaired) electrons. The number of anilines is 1. The van der Waals surface area contributed by atoms with E-state index < -0.39 is 4.92 Å². The van der Waals surface area contributed by atoms with Gasteiger partial charge in [0.15, 0.2) is 0 Å². The van der Waals surface area contributed by atoms with Gasteiger partial charge in [-0.1, -0.05) is 12.1 Å². The van der Waals surface area contributed by atoms with E-state index in [1.165, 1.54) is 23.9 Å². The fourth-order valence-corrected chi connectivity index (χ4v) is 3.61. The van der Waals surface area contributed by atoms with Crippen molar-refractivity contribution in [3.05, 3.63) is 62.7 Å². The van der Waals surface area contributed by atoms with Crippen molar-refractivity contribution in [2.24, 2.45) is 0 Å². The highest BCUT2D eigenvalue weighted by Gasteiger charge is 2.35. The summed E-state index contributed by atoms with van der Waals surface area (Å²) >= 11 is 4.74. The summed E-state index contributed by atoms with van der Waals surface area (Å²) in [4.78, 5) is 28.5. The number of halogens is 1. The van der Waals surface area contributed by atoms with Crippen molar-refractivity contribution < 1.29 is 9.72 Å². The second-order valence-electron chi connectivity index (χ2n) is 4.61. The Kier molecular flexibility index (Phi) is 4.12. The molecule has 0 aliphatic carbocycles. The van der Waals surface area contributed by atoms with Gasteiger partial charge in [0.05, 0.1) is 10.7 Å². The van der Waals surface area contributed by atoms with Crippen LogP contribution in [0.5, 0.6) is 0 Å². The zero-order chi connectivity index (χ0) is 15.7. The van der Waals surface area contributed by atoms with Crippen LogP contribution in [0.3, 0.4) is 0 Å². The van der Waals surface area contributed by atoms with Gasteiger partial charge in [0.25, 0.3) is 5.69 Å². The van der Waals surface area contributed by atoms with E-state index in [1.54, 1.807) is 29.3 Å². The van der Waals surface area contributed by atoms with Crippen molar-refractivity contribution in [2.75, 3.05) is 10.7 Å². The molecule has 8 heteroatoms. The van der Waals surface area contributed by atoms with Crippen LogP contribution in [0.15, 0.2) is 47.1 Å². The largest absolute Gasteiger partial charge is 0.279 e. The maximum atomic E-state index is 12.2. The predicted octanol–water partition coefficient (Wildman–Crippen LogP) is 3.53. The summed E-state index contributed by atoms with van der Waals surface area (Å²) < 4.78 is 0.822. The van der Waals surface area contributed by atoms with Crippen LogP contribution >= 0.6 is 27.7 Å². The van der Waals surface area contributed by atoms with Crippen LogP contribution in [-0.2, 0) is 4.79 Å². The van der Waals surface area contributed by atoms with Gasteiger partial charge in [-0.2, -0.15) is 0 Å². The Hall–Kier alpha value is -1.93. The molecule has 22 heavy (non-hydrogen) atoms. The number of rotatable bonds is 3. The van der Waals surface area contributed by atoms with Gasteiger partial charge in [0, 0.05) is 22.8 Å². The average Bonchev–Trinajstić information content (AvgIpc) is 2.90. The molecule has 0 N–H and O–H groups in total. The predicted molar refractivity (Wildman–Crippen MR) is 87.7 cm³/mol. The number of benzene rings is 1. The molecule has 1 atom stereocenters. The molecule has 6 nitrogen and oxygen atoms in total. The lowest BCUT2D eigenvalue weighted by Gasteiger charge is -2.23. The quantitative estimate of drug-likeness (QED) is 0.602. The number of carbonyl (C=O) groups is 1. The minimum absolute atomic E-state index is 0.0150. The minimum Gasteiger partial charge on any atom is -0.279 e. The number of non-ortho nitro benzene ring substituents is 1. The van der Waals surface area contributed by atoms with Crippen LogP contribution in [0.25, 0.3) is 0 Å². The number of nitrogens with zero attached hydrogens (tertiary/aromatic N) is 3. The van der Waals surface area contributed by atoms with E-state index in [-0.39, 0.29) is 17.0 Å². The number of pyridine rings is 1. The van der Waals surface area contributed by atoms with E-state index in [0.717, 1.165) is 10.0 Å². The number of nitro benzene ring substituents is 1. The molecule has 1 unspecified atom stereocenters. The summed E-state index contributed by atoms with van der Waals surface area (Å²) in [6.07, 6.45) is 1.62. The zero-order valence-corrected chi connectivity index (χ0v) is 13.6. The Labute approximate surface area is 138 Å². The lowest BCUT2D eigenvalue weighted by atomic mass is 10.2. The average molecular weight is 380 g/mol. The summed E-state index contributed by atoms with van der Waals surface area (Å²) in [5, 5.41) is 10.6. The van der Waals surface area contributed by atoms with E-state index in [4.69, 9.17) is 0 Å². The molecule has 1 aromatic heterocycles. The summed E-state index contributed by atoms with van der Waals surface area (Å²) in [7, 11) is 0. The van der Waals surface area contributed by atoms with Gasteiger partial charge in [-0.15, -0.1) is 11.8 Å². The van der Waals surface area contributed by atoms with E-state index in [0.29, 0.717) is 11.6 Å². The molecule has 1 amide bonds. The van der Waals surface area contributed by atoms with Crippen LogP contribution in [0.4, 0.5) is 11.5 Å². The third-order valence-corrected chi connectivity index (χ3v) is 4.87. The van der Waals surface area contributed by atoms with Gasteiger partial charge < -0.3 is 0 Å². The molecule has 2 heterocycles. The number of hydrogen-bond donors (Lipinski definition) is 0. The highest BCUT2D eigenvalue weighted by atomic mass is 79.9. The molecule has 0 spiro atoms. The maximum absolute atomic E-state index is 12.2. The van der Waals surface area contributed by atoms with Crippen LogP contribution < -0.4 is 4.90 Å². The molecule has 1 saturated heterocycles. The third kappa shape index (κ3) is 2.84. The Morgan fingerprint density at radius 1 is 1.36 bits per heavy atom. The monoisotopic (exact) mass is 379 g/mol. The first-order chi connectivity index (χ1) is 10.6. The SMILES string of the molecule is O=C1CSC(c2cccc([N+](=O)[O-])c2)N1c1ccc(Br)cn1. The summed E-state index contributed by atoms with van der Waals surface area (Å²) in [6, 6.07) is 9.91. The number of nitro groups is 1. The number of hydrogen-bond acceptors (Lipinski definition) is 5. The summed E-state index contributed by atoms with van der Waals surface area (Å²) in [6.45, 7) is 0. The number of aromatic nitrogens is 1. The molecule has 0 bridgehead atoms. The van der Waals surface area contributed by atoms with Crippen molar-refractivity contribution in [1.29, 1.82) is 0 Å². The van der Waals surface area contributed by atoms with Gasteiger partial charge >= 0.3 is 0 Å². The van der Waals surface area contributed by atoms with E-state index in [2.05, 4.69) is 20.9 Å². The molecule has 1 aliphatic heterocycles. The van der Waals surface area contributed by atoms with E-state index in [1.807, 2.05) is 6.07 Å². The standard InChI is InChI=1S/C14H10BrN3O3S/c15-10-4-5-12(16-7-10)17-13(19)8-22-14(17)9-2-1-3-11(6-9)18(20)21/h1-7,14H,8H2. The van der Waals surface area contributed by atoms with Crippen molar-refractivity contribution >= 4 is 45.1 Å². The minimum atomic E-state index is -0.437. The first kappa shape index (κ1) is 15.0. The van der Waals surface area contributed by atoms with Crippen LogP contribution in [0.2, 0.25) is 0 Å². The van der Waals surface area contributed by atoms with E-state index >= 15 is 0 Å². The molecule has 1 fully saturated rings. The fourth-order valence-electron chi connectivity index (χ4n) is 2.22. The third-order valence-electron chi connectivity index (χ3n) is 3.19. The van der Waals surface area contributed by atoms with Crippen molar-refractivity contribution in [3.8, 4) is 0 Å². The molecule has 1 aromatic carbocycles. The Bertz CT molecular complexity index is 738. The topological polar surface area (TPSA) is 76.3 Å². The highest BCUT2D eigenvalue weighted by Crippen LogP contribution is 2.41. The smallest absolute Gasteiger partial charge is 0.269 e. The molecule has 3 rings (SSSR count). The lowest BCUT2D eigenvalue weighted by Crippen LogP contribution is -2.28. The number of amides is 1. The first-order valence-electron chi connectivity index (χ1n) is 6.36. The van der Waals surface area contributed by atoms with Gasteiger partial charge in [-0.05, 0) is 33.6 Å². The van der Waals surface area contributed by atoms with Crippen molar-refractivity contribution in [1.82, 2.24) is 4.98 Å². The Balaban J connectivity index is 1.98. The highest BCUT2D eigenvalue weighted by molar-refractivity contribution is 9.10. The van der Waals surface area contributed by atoms with Crippen LogP contribution in [0, 0.1) is 10.1 Å². The fraction of sp³-hybridized carbons (Fsp3) is 0.143. The summed E-state index contributed by atoms with van der Waals surface area (Å²) in [5.74, 6) is 0.802. The first-order valence-corrected chi connectivity index (χ1v) is 8.20. The molecular weight excluding hydrogens is 370 g/mol. The maximum Gasteiger partial charge on any atom is 0.269 e.